The standard InChI is InChI=1S/C20H26N2O5/c1-10-17(13(4)23)12(3)21-18(10)20(24)22-11(2)14-8-15(25-5)19(27-7)16(9-14)26-6/h8-9,11,21H,1-7H3,(H,22,24)/t11-/m0/s1. The number of carbonyl (C=O) groups excluding carboxylic acids is 2. The van der Waals surface area contributed by atoms with Crippen LogP contribution in [0.5, 0.6) is 17.2 Å². The molecule has 0 radical (unpaired) electrons. The van der Waals surface area contributed by atoms with Gasteiger partial charge >= 0.3 is 0 Å². The predicted octanol–water partition coefficient (Wildman–Crippen LogP) is 3.35. The summed E-state index contributed by atoms with van der Waals surface area (Å²) >= 11 is 0. The number of rotatable bonds is 7. The molecule has 0 unspecified atom stereocenters. The van der Waals surface area contributed by atoms with Crippen molar-refractivity contribution in [2.75, 3.05) is 21.3 Å². The molecule has 1 atom stereocenters. The van der Waals surface area contributed by atoms with E-state index in [1.807, 2.05) is 6.92 Å². The van der Waals surface area contributed by atoms with Crippen LogP contribution in [-0.4, -0.2) is 38.0 Å². The highest BCUT2D eigenvalue weighted by atomic mass is 16.5. The monoisotopic (exact) mass is 374 g/mol. The van der Waals surface area contributed by atoms with E-state index in [-0.39, 0.29) is 17.7 Å². The van der Waals surface area contributed by atoms with Gasteiger partial charge < -0.3 is 24.5 Å². The van der Waals surface area contributed by atoms with Crippen LogP contribution in [0.3, 0.4) is 0 Å². The second kappa shape index (κ2) is 8.16. The Morgan fingerprint density at radius 3 is 2.00 bits per heavy atom. The quantitative estimate of drug-likeness (QED) is 0.726. The molecule has 0 fully saturated rings. The van der Waals surface area contributed by atoms with E-state index in [2.05, 4.69) is 10.3 Å². The molecule has 27 heavy (non-hydrogen) atoms. The lowest BCUT2D eigenvalue weighted by molar-refractivity contribution is 0.0934. The Kier molecular flexibility index (Phi) is 6.15. The molecule has 7 heteroatoms. The van der Waals surface area contributed by atoms with Crippen LogP contribution in [0.1, 0.15) is 57.6 Å². The van der Waals surface area contributed by atoms with E-state index >= 15 is 0 Å². The number of hydrogen-bond donors (Lipinski definition) is 2. The number of methoxy groups -OCH3 is 3. The number of nitrogens with one attached hydrogen (secondary N) is 2. The van der Waals surface area contributed by atoms with Crippen molar-refractivity contribution in [1.29, 1.82) is 0 Å². The van der Waals surface area contributed by atoms with Gasteiger partial charge in [-0.3, -0.25) is 9.59 Å². The van der Waals surface area contributed by atoms with Crippen LogP contribution in [0.2, 0.25) is 0 Å². The van der Waals surface area contributed by atoms with E-state index in [1.54, 1.807) is 40.2 Å². The molecule has 0 bridgehead atoms. The molecule has 1 heterocycles. The number of aromatic nitrogens is 1. The van der Waals surface area contributed by atoms with Crippen molar-refractivity contribution in [3.05, 3.63) is 40.2 Å². The first-order chi connectivity index (χ1) is 12.7. The Morgan fingerprint density at radius 2 is 1.59 bits per heavy atom. The fraction of sp³-hybridized carbons (Fsp3) is 0.400. The van der Waals surface area contributed by atoms with Crippen LogP contribution in [-0.2, 0) is 0 Å². The van der Waals surface area contributed by atoms with Gasteiger partial charge in [0.2, 0.25) is 5.75 Å². The molecule has 0 aliphatic carbocycles. The molecule has 0 aliphatic rings. The number of ether oxygens (including phenoxy) is 3. The minimum Gasteiger partial charge on any atom is -0.493 e. The number of carbonyl (C=O) groups is 2. The first-order valence-corrected chi connectivity index (χ1v) is 8.55. The molecule has 0 aliphatic heterocycles. The number of aromatic amines is 1. The van der Waals surface area contributed by atoms with E-state index in [0.29, 0.717) is 39.8 Å². The average molecular weight is 374 g/mol. The summed E-state index contributed by atoms with van der Waals surface area (Å²) in [5, 5.41) is 2.94. The zero-order chi connectivity index (χ0) is 20.3. The van der Waals surface area contributed by atoms with Crippen LogP contribution < -0.4 is 19.5 Å². The highest BCUT2D eigenvalue weighted by Crippen LogP contribution is 2.39. The maximum atomic E-state index is 12.7. The van der Waals surface area contributed by atoms with Gasteiger partial charge in [0, 0.05) is 11.3 Å². The average Bonchev–Trinajstić information content (AvgIpc) is 2.94. The summed E-state index contributed by atoms with van der Waals surface area (Å²) in [6, 6.07) is 3.26. The number of Topliss-reactive ketones (excluding diaryl/α,β-unsaturated/α-hetero) is 1. The minimum atomic E-state index is -0.324. The van der Waals surface area contributed by atoms with Gasteiger partial charge in [-0.25, -0.2) is 0 Å². The molecule has 0 saturated heterocycles. The third-order valence-electron chi connectivity index (χ3n) is 4.55. The van der Waals surface area contributed by atoms with Crippen molar-refractivity contribution >= 4 is 11.7 Å². The SMILES string of the molecule is COc1cc([C@H](C)NC(=O)c2[nH]c(C)c(C(C)=O)c2C)cc(OC)c1OC. The zero-order valence-electron chi connectivity index (χ0n) is 16.8. The third-order valence-corrected chi connectivity index (χ3v) is 4.55. The van der Waals surface area contributed by atoms with Crippen LogP contribution in [0.15, 0.2) is 12.1 Å². The molecule has 7 nitrogen and oxygen atoms in total. The maximum absolute atomic E-state index is 12.7. The van der Waals surface area contributed by atoms with Crippen molar-refractivity contribution in [1.82, 2.24) is 10.3 Å². The van der Waals surface area contributed by atoms with Crippen molar-refractivity contribution in [2.45, 2.75) is 33.7 Å². The summed E-state index contributed by atoms with van der Waals surface area (Å²) in [5.74, 6) is 1.16. The first kappa shape index (κ1) is 20.4. The lowest BCUT2D eigenvalue weighted by atomic mass is 10.0. The number of H-pyrrole nitrogens is 1. The Morgan fingerprint density at radius 1 is 1.04 bits per heavy atom. The van der Waals surface area contributed by atoms with Gasteiger partial charge in [0.1, 0.15) is 5.69 Å². The van der Waals surface area contributed by atoms with Gasteiger partial charge in [-0.05, 0) is 51.0 Å². The van der Waals surface area contributed by atoms with Gasteiger partial charge in [0.05, 0.1) is 27.4 Å². The van der Waals surface area contributed by atoms with Gasteiger partial charge in [0.15, 0.2) is 17.3 Å². The van der Waals surface area contributed by atoms with Crippen molar-refractivity contribution in [2.24, 2.45) is 0 Å². The van der Waals surface area contributed by atoms with Crippen LogP contribution >= 0.6 is 0 Å². The van der Waals surface area contributed by atoms with Crippen LogP contribution in [0.4, 0.5) is 0 Å². The number of benzene rings is 1. The van der Waals surface area contributed by atoms with Crippen molar-refractivity contribution in [3.63, 3.8) is 0 Å². The summed E-state index contributed by atoms with van der Waals surface area (Å²) < 4.78 is 16.0. The molecular formula is C20H26N2O5. The number of hydrogen-bond acceptors (Lipinski definition) is 5. The molecule has 0 spiro atoms. The topological polar surface area (TPSA) is 89.7 Å². The maximum Gasteiger partial charge on any atom is 0.268 e. The molecule has 1 aromatic heterocycles. The van der Waals surface area contributed by atoms with E-state index < -0.39 is 0 Å². The highest BCUT2D eigenvalue weighted by molar-refractivity contribution is 6.02. The highest BCUT2D eigenvalue weighted by Gasteiger charge is 2.22. The third kappa shape index (κ3) is 3.92. The van der Waals surface area contributed by atoms with Crippen molar-refractivity contribution < 1.29 is 23.8 Å². The Labute approximate surface area is 159 Å². The Balaban J connectivity index is 2.32. The molecule has 2 aromatic rings. The molecule has 2 N–H and O–H groups in total. The predicted molar refractivity (Wildman–Crippen MR) is 102 cm³/mol. The van der Waals surface area contributed by atoms with E-state index in [1.165, 1.54) is 14.0 Å². The lowest BCUT2D eigenvalue weighted by Crippen LogP contribution is -2.27. The van der Waals surface area contributed by atoms with E-state index in [0.717, 1.165) is 5.56 Å². The van der Waals surface area contributed by atoms with Gasteiger partial charge in [-0.1, -0.05) is 0 Å². The van der Waals surface area contributed by atoms with Crippen LogP contribution in [0, 0.1) is 13.8 Å². The molecule has 1 aromatic carbocycles. The number of aryl methyl sites for hydroxylation is 1. The molecular weight excluding hydrogens is 348 g/mol. The number of ketones is 1. The summed E-state index contributed by atoms with van der Waals surface area (Å²) in [6.07, 6.45) is 0. The van der Waals surface area contributed by atoms with E-state index in [9.17, 15) is 9.59 Å². The fourth-order valence-corrected chi connectivity index (χ4v) is 3.21. The van der Waals surface area contributed by atoms with Crippen LogP contribution in [0.25, 0.3) is 0 Å². The van der Waals surface area contributed by atoms with Crippen molar-refractivity contribution in [3.8, 4) is 17.2 Å². The summed E-state index contributed by atoms with van der Waals surface area (Å²) in [4.78, 5) is 27.5. The zero-order valence-corrected chi connectivity index (χ0v) is 16.8. The lowest BCUT2D eigenvalue weighted by Gasteiger charge is -2.18. The van der Waals surface area contributed by atoms with E-state index in [4.69, 9.17) is 14.2 Å². The van der Waals surface area contributed by atoms with Gasteiger partial charge in [-0.2, -0.15) is 0 Å². The number of amides is 1. The molecule has 2 rings (SSSR count). The Hall–Kier alpha value is -2.96. The molecule has 146 valence electrons. The smallest absolute Gasteiger partial charge is 0.268 e. The molecule has 1 amide bonds. The summed E-state index contributed by atoms with van der Waals surface area (Å²) in [5.41, 5.74) is 3.07. The fourth-order valence-electron chi connectivity index (χ4n) is 3.21. The van der Waals surface area contributed by atoms with Gasteiger partial charge in [-0.15, -0.1) is 0 Å². The minimum absolute atomic E-state index is 0.0713. The Bertz CT molecular complexity index is 844. The molecule has 0 saturated carbocycles. The first-order valence-electron chi connectivity index (χ1n) is 8.55. The largest absolute Gasteiger partial charge is 0.493 e. The summed E-state index contributed by atoms with van der Waals surface area (Å²) in [7, 11) is 4.62. The van der Waals surface area contributed by atoms with Gasteiger partial charge in [0.25, 0.3) is 5.91 Å². The second-order valence-electron chi connectivity index (χ2n) is 6.34. The normalized spacial score (nSPS) is 11.7. The summed E-state index contributed by atoms with van der Waals surface area (Å²) in [6.45, 7) is 6.89. The second-order valence-corrected chi connectivity index (χ2v) is 6.34.